The molecular formula is C11H17ClN2O3S. The van der Waals surface area contributed by atoms with E-state index in [2.05, 4.69) is 4.72 Å². The standard InChI is InChI=1S/C11H17ClN2O3S/c1-4-14(17-5-2)11-8-9(6-7-10(11)12)13-18(3,15)16/h6-8,13H,4-5H2,1-3H3. The molecule has 0 aliphatic rings. The SMILES string of the molecule is CCON(CC)c1cc(NS(C)(=O)=O)ccc1Cl. The first kappa shape index (κ1) is 15.1. The number of rotatable bonds is 6. The Morgan fingerprint density at radius 1 is 1.39 bits per heavy atom. The van der Waals surface area contributed by atoms with Crippen molar-refractivity contribution in [3.8, 4) is 0 Å². The van der Waals surface area contributed by atoms with Gasteiger partial charge in [0.2, 0.25) is 10.0 Å². The Bertz CT molecular complexity index is 505. The summed E-state index contributed by atoms with van der Waals surface area (Å²) in [5, 5.41) is 2.12. The average Bonchev–Trinajstić information content (AvgIpc) is 2.27. The van der Waals surface area contributed by atoms with Gasteiger partial charge in [-0.25, -0.2) is 8.42 Å². The first-order chi connectivity index (χ1) is 8.37. The fraction of sp³-hybridized carbons (Fsp3) is 0.455. The van der Waals surface area contributed by atoms with Crippen LogP contribution in [0, 0.1) is 0 Å². The average molecular weight is 293 g/mol. The van der Waals surface area contributed by atoms with Gasteiger partial charge in [0, 0.05) is 6.54 Å². The van der Waals surface area contributed by atoms with E-state index >= 15 is 0 Å². The third-order valence-corrected chi connectivity index (χ3v) is 3.02. The highest BCUT2D eigenvalue weighted by Gasteiger charge is 2.11. The summed E-state index contributed by atoms with van der Waals surface area (Å²) < 4.78 is 24.7. The second kappa shape index (κ2) is 6.26. The fourth-order valence-corrected chi connectivity index (χ4v) is 2.24. The van der Waals surface area contributed by atoms with Crippen LogP contribution < -0.4 is 9.79 Å². The Labute approximate surface area is 113 Å². The van der Waals surface area contributed by atoms with Crippen molar-refractivity contribution < 1.29 is 13.3 Å². The maximum atomic E-state index is 11.2. The summed E-state index contributed by atoms with van der Waals surface area (Å²) in [6, 6.07) is 4.88. The number of nitrogens with zero attached hydrogens (tertiary/aromatic N) is 1. The van der Waals surface area contributed by atoms with Crippen LogP contribution in [0.3, 0.4) is 0 Å². The van der Waals surface area contributed by atoms with Crippen molar-refractivity contribution in [1.82, 2.24) is 0 Å². The largest absolute Gasteiger partial charge is 0.284 e. The Hall–Kier alpha value is -0.980. The van der Waals surface area contributed by atoms with E-state index in [0.717, 1.165) is 6.26 Å². The van der Waals surface area contributed by atoms with Gasteiger partial charge in [0.05, 0.1) is 29.3 Å². The molecule has 0 atom stereocenters. The summed E-state index contributed by atoms with van der Waals surface area (Å²) >= 11 is 6.08. The quantitative estimate of drug-likeness (QED) is 0.819. The zero-order valence-corrected chi connectivity index (χ0v) is 12.2. The number of anilines is 2. The molecule has 0 saturated carbocycles. The van der Waals surface area contributed by atoms with Gasteiger partial charge >= 0.3 is 0 Å². The van der Waals surface area contributed by atoms with Gasteiger partial charge in [-0.2, -0.15) is 0 Å². The molecule has 0 aliphatic carbocycles. The van der Waals surface area contributed by atoms with Crippen molar-refractivity contribution in [3.63, 3.8) is 0 Å². The summed E-state index contributed by atoms with van der Waals surface area (Å²) in [7, 11) is -3.30. The van der Waals surface area contributed by atoms with Gasteiger partial charge in [0.1, 0.15) is 0 Å². The zero-order chi connectivity index (χ0) is 13.8. The minimum Gasteiger partial charge on any atom is -0.284 e. The highest BCUT2D eigenvalue weighted by Crippen LogP contribution is 2.29. The molecule has 1 rings (SSSR count). The number of hydrogen-bond acceptors (Lipinski definition) is 4. The van der Waals surface area contributed by atoms with Crippen molar-refractivity contribution in [3.05, 3.63) is 23.2 Å². The Balaban J connectivity index is 3.07. The molecule has 0 fully saturated rings. The smallest absolute Gasteiger partial charge is 0.229 e. The summed E-state index contributed by atoms with van der Waals surface area (Å²) in [5.74, 6) is 0. The first-order valence-corrected chi connectivity index (χ1v) is 7.82. The number of nitrogens with one attached hydrogen (secondary N) is 1. The Kier molecular flexibility index (Phi) is 5.25. The molecule has 0 bridgehead atoms. The van der Waals surface area contributed by atoms with Crippen LogP contribution in [-0.4, -0.2) is 27.8 Å². The first-order valence-electron chi connectivity index (χ1n) is 5.55. The molecule has 0 heterocycles. The maximum absolute atomic E-state index is 11.2. The summed E-state index contributed by atoms with van der Waals surface area (Å²) in [6.45, 7) is 4.90. The molecule has 0 saturated heterocycles. The number of halogens is 1. The van der Waals surface area contributed by atoms with E-state index in [0.29, 0.717) is 29.5 Å². The van der Waals surface area contributed by atoms with Gasteiger partial charge in [-0.15, -0.1) is 0 Å². The summed E-state index contributed by atoms with van der Waals surface area (Å²) in [5.41, 5.74) is 1.09. The number of sulfonamides is 1. The van der Waals surface area contributed by atoms with E-state index in [9.17, 15) is 8.42 Å². The second-order valence-corrected chi connectivity index (χ2v) is 5.81. The van der Waals surface area contributed by atoms with E-state index < -0.39 is 10.0 Å². The van der Waals surface area contributed by atoms with Crippen LogP contribution in [0.2, 0.25) is 5.02 Å². The topological polar surface area (TPSA) is 58.6 Å². The van der Waals surface area contributed by atoms with Gasteiger partial charge in [-0.05, 0) is 32.0 Å². The van der Waals surface area contributed by atoms with Gasteiger partial charge in [-0.1, -0.05) is 11.6 Å². The van der Waals surface area contributed by atoms with Gasteiger partial charge in [0.15, 0.2) is 0 Å². The molecule has 0 spiro atoms. The van der Waals surface area contributed by atoms with Crippen LogP contribution in [0.25, 0.3) is 0 Å². The third-order valence-electron chi connectivity index (χ3n) is 2.09. The lowest BCUT2D eigenvalue weighted by Crippen LogP contribution is -2.23. The molecule has 7 heteroatoms. The van der Waals surface area contributed by atoms with Crippen LogP contribution in [0.4, 0.5) is 11.4 Å². The number of hydrogen-bond donors (Lipinski definition) is 1. The molecule has 0 radical (unpaired) electrons. The minimum absolute atomic E-state index is 0.454. The Morgan fingerprint density at radius 3 is 2.56 bits per heavy atom. The van der Waals surface area contributed by atoms with Crippen LogP contribution in [0.1, 0.15) is 13.8 Å². The molecule has 0 amide bonds. The van der Waals surface area contributed by atoms with Crippen molar-refractivity contribution >= 4 is 33.0 Å². The molecular weight excluding hydrogens is 276 g/mol. The molecule has 1 aromatic carbocycles. The summed E-state index contributed by atoms with van der Waals surface area (Å²) in [6.07, 6.45) is 1.10. The second-order valence-electron chi connectivity index (χ2n) is 3.65. The molecule has 0 aliphatic heterocycles. The lowest BCUT2D eigenvalue weighted by atomic mass is 10.3. The molecule has 5 nitrogen and oxygen atoms in total. The van der Waals surface area contributed by atoms with Crippen LogP contribution in [0.15, 0.2) is 18.2 Å². The van der Waals surface area contributed by atoms with E-state index in [1.807, 2.05) is 13.8 Å². The Morgan fingerprint density at radius 2 is 2.06 bits per heavy atom. The van der Waals surface area contributed by atoms with Crippen LogP contribution in [-0.2, 0) is 14.9 Å². The monoisotopic (exact) mass is 292 g/mol. The lowest BCUT2D eigenvalue weighted by Gasteiger charge is -2.23. The third kappa shape index (κ3) is 4.36. The molecule has 102 valence electrons. The van der Waals surface area contributed by atoms with E-state index in [4.69, 9.17) is 16.4 Å². The highest BCUT2D eigenvalue weighted by molar-refractivity contribution is 7.92. The van der Waals surface area contributed by atoms with E-state index in [-0.39, 0.29) is 0 Å². The molecule has 1 N–H and O–H groups in total. The normalized spacial score (nSPS) is 11.3. The number of benzene rings is 1. The molecule has 0 unspecified atom stereocenters. The molecule has 1 aromatic rings. The van der Waals surface area contributed by atoms with Gasteiger partial charge in [-0.3, -0.25) is 14.6 Å². The molecule has 18 heavy (non-hydrogen) atoms. The van der Waals surface area contributed by atoms with Gasteiger partial charge in [0.25, 0.3) is 0 Å². The van der Waals surface area contributed by atoms with Crippen molar-refractivity contribution in [2.45, 2.75) is 13.8 Å². The van der Waals surface area contributed by atoms with Crippen molar-refractivity contribution in [2.75, 3.05) is 29.2 Å². The van der Waals surface area contributed by atoms with E-state index in [1.54, 1.807) is 23.3 Å². The summed E-state index contributed by atoms with van der Waals surface area (Å²) in [4.78, 5) is 5.41. The fourth-order valence-electron chi connectivity index (χ4n) is 1.47. The predicted octanol–water partition coefficient (Wildman–Crippen LogP) is 2.49. The van der Waals surface area contributed by atoms with E-state index in [1.165, 1.54) is 0 Å². The highest BCUT2D eigenvalue weighted by atomic mass is 35.5. The lowest BCUT2D eigenvalue weighted by molar-refractivity contribution is 0.123. The number of hydroxylamine groups is 1. The zero-order valence-electron chi connectivity index (χ0n) is 10.6. The predicted molar refractivity (Wildman–Crippen MR) is 74.6 cm³/mol. The van der Waals surface area contributed by atoms with Crippen molar-refractivity contribution in [2.24, 2.45) is 0 Å². The minimum atomic E-state index is -3.30. The van der Waals surface area contributed by atoms with Gasteiger partial charge < -0.3 is 0 Å². The van der Waals surface area contributed by atoms with Crippen LogP contribution >= 0.6 is 11.6 Å². The van der Waals surface area contributed by atoms with Crippen LogP contribution in [0.5, 0.6) is 0 Å². The maximum Gasteiger partial charge on any atom is 0.229 e. The molecule has 0 aromatic heterocycles. The van der Waals surface area contributed by atoms with Crippen molar-refractivity contribution in [1.29, 1.82) is 0 Å².